The van der Waals surface area contributed by atoms with Crippen LogP contribution in [0.15, 0.2) is 35.6 Å². The molecule has 4 aliphatic carbocycles. The van der Waals surface area contributed by atoms with Crippen LogP contribution in [0.4, 0.5) is 0 Å². The second kappa shape index (κ2) is 22.3. The van der Waals surface area contributed by atoms with Gasteiger partial charge in [-0.25, -0.2) is 0 Å². The Bertz CT molecular complexity index is 1130. The number of unbranched alkanes of at least 4 members (excludes halogenated alkanes) is 15. The maximum atomic E-state index is 13.3. The Kier molecular flexibility index (Phi) is 18.6. The molecular weight excluding hydrogens is 637 g/mol. The monoisotopic (exact) mass is 721 g/mol. The second-order valence-electron chi connectivity index (χ2n) is 19.1. The summed E-state index contributed by atoms with van der Waals surface area (Å²) in [5.74, 6) is 5.01. The zero-order chi connectivity index (χ0) is 37.4. The van der Waals surface area contributed by atoms with Crippen molar-refractivity contribution >= 4 is 5.97 Å². The van der Waals surface area contributed by atoms with E-state index in [1.807, 2.05) is 6.08 Å². The lowest BCUT2D eigenvalue weighted by Crippen LogP contribution is -2.51. The molecule has 0 unspecified atom stereocenters. The van der Waals surface area contributed by atoms with E-state index in [0.29, 0.717) is 30.1 Å². The Morgan fingerprint density at radius 1 is 0.808 bits per heavy atom. The summed E-state index contributed by atoms with van der Waals surface area (Å²) in [4.78, 5) is 13.3. The van der Waals surface area contributed by atoms with Gasteiger partial charge in [0.1, 0.15) is 5.76 Å². The summed E-state index contributed by atoms with van der Waals surface area (Å²) in [5.41, 5.74) is 1.50. The van der Waals surface area contributed by atoms with Crippen LogP contribution < -0.4 is 0 Å². The molecule has 0 aliphatic heterocycles. The number of fused-ring (bicyclic) bond motifs is 5. The van der Waals surface area contributed by atoms with Gasteiger partial charge in [0.2, 0.25) is 0 Å². The van der Waals surface area contributed by atoms with Crippen LogP contribution in [-0.2, 0) is 9.53 Å². The van der Waals surface area contributed by atoms with Crippen molar-refractivity contribution in [1.29, 1.82) is 0 Å². The average molecular weight is 721 g/mol. The predicted molar refractivity (Wildman–Crippen MR) is 222 cm³/mol. The van der Waals surface area contributed by atoms with E-state index in [0.717, 1.165) is 48.7 Å². The number of rotatable bonds is 25. The molecule has 3 nitrogen and oxygen atoms in total. The fraction of sp³-hybridized carbons (Fsp3) is 0.857. The predicted octanol–water partition coefficient (Wildman–Crippen LogP) is 14.6. The number of carbonyl (C=O) groups excluding carboxylic acids is 1. The summed E-state index contributed by atoms with van der Waals surface area (Å²) < 4.78 is 6.30. The van der Waals surface area contributed by atoms with Gasteiger partial charge in [-0.05, 0) is 125 Å². The zero-order valence-corrected chi connectivity index (χ0v) is 35.2. The van der Waals surface area contributed by atoms with E-state index >= 15 is 0 Å². The number of carbonyl (C=O) groups is 1. The van der Waals surface area contributed by atoms with Gasteiger partial charge in [-0.3, -0.25) is 4.79 Å². The maximum absolute atomic E-state index is 13.3. The molecule has 0 bridgehead atoms. The highest BCUT2D eigenvalue weighted by molar-refractivity contribution is 5.71. The summed E-state index contributed by atoms with van der Waals surface area (Å²) in [6.07, 6.45) is 42.3. The fourth-order valence-corrected chi connectivity index (χ4v) is 11.7. The Balaban J connectivity index is 1.13. The largest absolute Gasteiger partial charge is 0.430 e. The molecule has 0 aromatic heterocycles. The van der Waals surface area contributed by atoms with Gasteiger partial charge < -0.3 is 9.84 Å². The molecule has 1 N–H and O–H groups in total. The van der Waals surface area contributed by atoms with E-state index in [9.17, 15) is 9.90 Å². The van der Waals surface area contributed by atoms with Crippen molar-refractivity contribution < 1.29 is 14.6 Å². The van der Waals surface area contributed by atoms with Gasteiger partial charge in [0, 0.05) is 11.8 Å². The van der Waals surface area contributed by atoms with Crippen molar-refractivity contribution in [3.8, 4) is 0 Å². The van der Waals surface area contributed by atoms with E-state index in [2.05, 4.69) is 59.8 Å². The van der Waals surface area contributed by atoms with Gasteiger partial charge in [-0.15, -0.1) is 0 Å². The van der Waals surface area contributed by atoms with Gasteiger partial charge >= 0.3 is 5.97 Å². The topological polar surface area (TPSA) is 46.5 Å². The normalized spacial score (nSPS) is 30.5. The van der Waals surface area contributed by atoms with E-state index in [1.165, 1.54) is 147 Å². The summed E-state index contributed by atoms with van der Waals surface area (Å²) in [7, 11) is 0. The van der Waals surface area contributed by atoms with Crippen LogP contribution in [0.1, 0.15) is 215 Å². The number of aliphatic hydroxyl groups excluding tert-OH is 1. The molecule has 0 saturated heterocycles. The number of aliphatic hydroxyl groups is 1. The standard InChI is InChI=1S/C49H84O3/c1-7-8-9-10-11-12-13-14-15-16-17-18-19-20-21-22-23-24-25-29-47(51)52-46-37-41(50)36-40-30-31-42-44-33-32-43(39(4)28-26-27-38(2)3)48(44,5)35-34-45(42)49(40,46)6/h14-15,30,37-39,41-45,50H,7-13,16-29,31-36H2,1-6H3/b15-14-/t39-,41+,42+,43-,44+,45+,48-,49+/m1/s1. The van der Waals surface area contributed by atoms with E-state index in [4.69, 9.17) is 4.74 Å². The van der Waals surface area contributed by atoms with Crippen LogP contribution in [0, 0.1) is 46.3 Å². The van der Waals surface area contributed by atoms with Gasteiger partial charge in [0.05, 0.1) is 6.10 Å². The van der Waals surface area contributed by atoms with Gasteiger partial charge in [-0.1, -0.05) is 155 Å². The molecule has 298 valence electrons. The van der Waals surface area contributed by atoms with Crippen LogP contribution in [0.25, 0.3) is 0 Å². The van der Waals surface area contributed by atoms with Crippen molar-refractivity contribution in [2.24, 2.45) is 46.3 Å². The molecule has 0 heterocycles. The summed E-state index contributed by atoms with van der Waals surface area (Å²) in [5, 5.41) is 10.9. The lowest BCUT2D eigenvalue weighted by Gasteiger charge is -2.58. The van der Waals surface area contributed by atoms with Crippen molar-refractivity contribution in [3.05, 3.63) is 35.6 Å². The fourth-order valence-electron chi connectivity index (χ4n) is 11.7. The number of allylic oxidation sites excluding steroid dienone is 4. The minimum Gasteiger partial charge on any atom is -0.430 e. The first-order valence-corrected chi connectivity index (χ1v) is 23.1. The smallest absolute Gasteiger partial charge is 0.310 e. The third-order valence-corrected chi connectivity index (χ3v) is 14.8. The maximum Gasteiger partial charge on any atom is 0.310 e. The third-order valence-electron chi connectivity index (χ3n) is 14.8. The van der Waals surface area contributed by atoms with Crippen molar-refractivity contribution in [3.63, 3.8) is 0 Å². The Labute approximate surface area is 322 Å². The Hall–Kier alpha value is -1.35. The van der Waals surface area contributed by atoms with Crippen LogP contribution >= 0.6 is 0 Å². The molecule has 4 aliphatic rings. The Morgan fingerprint density at radius 3 is 2.06 bits per heavy atom. The molecule has 0 spiro atoms. The second-order valence-corrected chi connectivity index (χ2v) is 19.1. The van der Waals surface area contributed by atoms with E-state index < -0.39 is 6.10 Å². The highest BCUT2D eigenvalue weighted by atomic mass is 16.5. The summed E-state index contributed by atoms with van der Waals surface area (Å²) in [6, 6.07) is 0. The van der Waals surface area contributed by atoms with Crippen LogP contribution in [0.2, 0.25) is 0 Å². The highest BCUT2D eigenvalue weighted by Crippen LogP contribution is 2.67. The third kappa shape index (κ3) is 12.1. The van der Waals surface area contributed by atoms with Gasteiger partial charge in [-0.2, -0.15) is 0 Å². The quantitative estimate of drug-likeness (QED) is 0.0580. The number of ether oxygens (including phenoxy) is 1. The van der Waals surface area contributed by atoms with Crippen molar-refractivity contribution in [1.82, 2.24) is 0 Å². The number of hydrogen-bond acceptors (Lipinski definition) is 3. The van der Waals surface area contributed by atoms with Crippen LogP contribution in [-0.4, -0.2) is 17.2 Å². The molecule has 8 atom stereocenters. The lowest BCUT2D eigenvalue weighted by molar-refractivity contribution is -0.143. The lowest BCUT2D eigenvalue weighted by atomic mass is 9.47. The molecule has 2 saturated carbocycles. The summed E-state index contributed by atoms with van der Waals surface area (Å²) in [6.45, 7) is 14.6. The average Bonchev–Trinajstić information content (AvgIpc) is 3.47. The molecule has 52 heavy (non-hydrogen) atoms. The molecule has 0 aromatic carbocycles. The molecule has 0 radical (unpaired) electrons. The Morgan fingerprint density at radius 2 is 1.42 bits per heavy atom. The minimum absolute atomic E-state index is 0.0964. The minimum atomic E-state index is -0.554. The van der Waals surface area contributed by atoms with Gasteiger partial charge in [0.15, 0.2) is 0 Å². The molecule has 2 fully saturated rings. The molecule has 3 heteroatoms. The molecular formula is C49H84O3. The van der Waals surface area contributed by atoms with Crippen molar-refractivity contribution in [2.45, 2.75) is 221 Å². The van der Waals surface area contributed by atoms with E-state index in [1.54, 1.807) is 0 Å². The molecule has 4 rings (SSSR count). The van der Waals surface area contributed by atoms with Crippen LogP contribution in [0.3, 0.4) is 0 Å². The first-order chi connectivity index (χ1) is 25.1. The first kappa shape index (κ1) is 43.4. The number of hydrogen-bond donors (Lipinski definition) is 1. The van der Waals surface area contributed by atoms with Crippen LogP contribution in [0.5, 0.6) is 0 Å². The zero-order valence-electron chi connectivity index (χ0n) is 35.2. The molecule has 0 aromatic rings. The number of esters is 1. The van der Waals surface area contributed by atoms with Crippen molar-refractivity contribution in [2.75, 3.05) is 0 Å². The van der Waals surface area contributed by atoms with E-state index in [-0.39, 0.29) is 11.4 Å². The first-order valence-electron chi connectivity index (χ1n) is 23.1. The molecule has 0 amide bonds. The highest BCUT2D eigenvalue weighted by Gasteiger charge is 2.60. The summed E-state index contributed by atoms with van der Waals surface area (Å²) >= 11 is 0. The SMILES string of the molecule is CCCCCCCC/C=C\CCCCCCCCCCCC(=O)OC1=C[C@@H](O)CC2=CC[C@@H]3[C@H](CC[C@]4(C)[C@@H]([C@H](C)CCCC(C)C)CC[C@@H]34)[C@]21C. The van der Waals surface area contributed by atoms with Gasteiger partial charge in [0.25, 0.3) is 0 Å².